The summed E-state index contributed by atoms with van der Waals surface area (Å²) in [4.78, 5) is 27.2. The third-order valence-electron chi connectivity index (χ3n) is 3.55. The fourth-order valence-electron chi connectivity index (χ4n) is 1.05. The molecule has 0 bridgehead atoms. The van der Waals surface area contributed by atoms with E-state index in [0.717, 1.165) is 0 Å². The fraction of sp³-hybridized carbons (Fsp3) is 1.00. The predicted molar refractivity (Wildman–Crippen MR) is 108 cm³/mol. The molecule has 0 spiro atoms. The Morgan fingerprint density at radius 2 is 1.15 bits per heavy atom. The van der Waals surface area contributed by atoms with Crippen LogP contribution in [-0.2, 0) is 13.7 Å². The molecule has 0 radical (unpaired) electrons. The molecule has 14 heteroatoms. The highest BCUT2D eigenvalue weighted by Gasteiger charge is 2.27. The maximum absolute atomic E-state index is 11.3. The molecule has 3 unspecified atom stereocenters. The normalized spacial score (nSPS) is 18.3. The van der Waals surface area contributed by atoms with E-state index < -0.39 is 33.9 Å². The van der Waals surface area contributed by atoms with E-state index in [2.05, 4.69) is 0 Å². The van der Waals surface area contributed by atoms with Crippen LogP contribution in [0.15, 0.2) is 0 Å². The summed E-state index contributed by atoms with van der Waals surface area (Å²) in [5.41, 5.74) is -1.03. The second-order valence-electron chi connectivity index (χ2n) is 6.65. The van der Waals surface area contributed by atoms with Crippen molar-refractivity contribution in [1.82, 2.24) is 14.8 Å². The molecule has 27 heavy (non-hydrogen) atoms. The summed E-state index contributed by atoms with van der Waals surface area (Å²) >= 11 is 0. The minimum absolute atomic E-state index is 0.169. The number of nitrogens with zero attached hydrogens (tertiary/aromatic N) is 2. The number of hydroxylamine groups is 1. The van der Waals surface area contributed by atoms with Crippen LogP contribution in [0.3, 0.4) is 0 Å². The van der Waals surface area contributed by atoms with Crippen LogP contribution in [0.1, 0.15) is 48.5 Å². The monoisotopic (exact) mass is 457 g/mol. The van der Waals surface area contributed by atoms with Gasteiger partial charge in [0, 0.05) is 30.6 Å². The molecule has 0 aliphatic rings. The zero-order chi connectivity index (χ0) is 22.8. The maximum Gasteiger partial charge on any atom is 0.294 e. The van der Waals surface area contributed by atoms with E-state index in [4.69, 9.17) is 20.2 Å². The topological polar surface area (TPSA) is 171 Å². The van der Waals surface area contributed by atoms with E-state index in [9.17, 15) is 18.6 Å². The summed E-state index contributed by atoms with van der Waals surface area (Å²) in [6.07, 6.45) is 0. The van der Waals surface area contributed by atoms with E-state index in [1.807, 2.05) is 6.92 Å². The Morgan fingerprint density at radius 1 is 0.815 bits per heavy atom. The van der Waals surface area contributed by atoms with Crippen LogP contribution >= 0.6 is 22.6 Å². The van der Waals surface area contributed by atoms with Gasteiger partial charge in [-0.3, -0.25) is 13.7 Å². The van der Waals surface area contributed by atoms with Crippen molar-refractivity contribution in [2.45, 2.75) is 65.4 Å². The van der Waals surface area contributed by atoms with Gasteiger partial charge < -0.3 is 25.1 Å². The molecule has 0 aromatic rings. The molecule has 6 N–H and O–H groups in total. The third kappa shape index (κ3) is 12.5. The van der Waals surface area contributed by atoms with Gasteiger partial charge in [0.2, 0.25) is 0 Å². The highest BCUT2D eigenvalue weighted by Crippen LogP contribution is 2.48. The lowest BCUT2D eigenvalue weighted by atomic mass is 10.6. The quantitative estimate of drug-likeness (QED) is 0.245. The highest BCUT2D eigenvalue weighted by atomic mass is 31.2. The molecule has 0 amide bonds. The largest absolute Gasteiger partial charge is 0.333 e. The van der Waals surface area contributed by atoms with Crippen LogP contribution in [0, 0.1) is 0 Å². The van der Waals surface area contributed by atoms with Crippen LogP contribution in [-0.4, -0.2) is 72.2 Å². The van der Waals surface area contributed by atoms with Crippen molar-refractivity contribution < 1.29 is 38.8 Å². The van der Waals surface area contributed by atoms with E-state index in [-0.39, 0.29) is 5.66 Å². The second-order valence-corrected chi connectivity index (χ2v) is 14.8. The summed E-state index contributed by atoms with van der Waals surface area (Å²) in [6, 6.07) is 0. The molecule has 168 valence electrons. The first-order valence-electron chi connectivity index (χ1n) is 8.35. The lowest BCUT2D eigenvalue weighted by molar-refractivity contribution is 0.0137. The van der Waals surface area contributed by atoms with Gasteiger partial charge in [0.05, 0.1) is 0 Å². The van der Waals surface area contributed by atoms with Crippen molar-refractivity contribution in [2.24, 2.45) is 0 Å². The van der Waals surface area contributed by atoms with E-state index >= 15 is 0 Å². The zero-order valence-electron chi connectivity index (χ0n) is 17.6. The van der Waals surface area contributed by atoms with Crippen molar-refractivity contribution in [3.63, 3.8) is 0 Å². The van der Waals surface area contributed by atoms with Gasteiger partial charge in [-0.1, -0.05) is 48.5 Å². The number of hydrogen-bond acceptors (Lipinski definition) is 5. The van der Waals surface area contributed by atoms with Gasteiger partial charge >= 0.3 is 0 Å². The van der Waals surface area contributed by atoms with Gasteiger partial charge in [-0.2, -0.15) is 0 Å². The van der Waals surface area contributed by atoms with Crippen molar-refractivity contribution in [1.29, 1.82) is 0 Å². The SMILES string of the molecule is CC(C)P(=O)(O)N(C)O.CC(C)P(=O)(O)NO.CCN(C)P(=O)(O)C(C)C. The predicted octanol–water partition coefficient (Wildman–Crippen LogP) is 2.99. The summed E-state index contributed by atoms with van der Waals surface area (Å²) in [7, 11) is -7.07. The summed E-state index contributed by atoms with van der Waals surface area (Å²) in [5, 5.41) is 17.9. The maximum atomic E-state index is 11.3. The van der Waals surface area contributed by atoms with Gasteiger partial charge in [0.1, 0.15) is 0 Å². The molecule has 3 atom stereocenters. The van der Waals surface area contributed by atoms with Crippen LogP contribution in [0.5, 0.6) is 0 Å². The van der Waals surface area contributed by atoms with Gasteiger partial charge in [0.25, 0.3) is 22.6 Å². The average molecular weight is 457 g/mol. The standard InChI is InChI=1S/C6H16NO2P.C4H12NO3P.C3H10NO3P/c1-5-7(4)10(8,9)6(2)3;1-4(2)9(7,8)5(3)6;1-3(2)8(6,7)4-5/h6H,5H2,1-4H3,(H,8,9);4,6H,1-3H3,(H,7,8);3,5H,1-2H3,(H2,4,6,7). The Labute approximate surface area is 162 Å². The summed E-state index contributed by atoms with van der Waals surface area (Å²) in [5.74, 6) is 0. The van der Waals surface area contributed by atoms with Crippen LogP contribution in [0.4, 0.5) is 0 Å². The lowest BCUT2D eigenvalue weighted by Gasteiger charge is -2.24. The number of hydrogen-bond donors (Lipinski definition) is 6. The minimum atomic E-state index is -3.45. The van der Waals surface area contributed by atoms with Gasteiger partial charge in [0.15, 0.2) is 0 Å². The third-order valence-corrected chi connectivity index (χ3v) is 10.0. The average Bonchev–Trinajstić information content (AvgIpc) is 2.54. The molecular formula is C13H38N3O8P3. The fourth-order valence-corrected chi connectivity index (χ4v) is 3.14. The summed E-state index contributed by atoms with van der Waals surface area (Å²) < 4.78 is 34.1. The summed E-state index contributed by atoms with van der Waals surface area (Å²) in [6.45, 7) is 12.2. The molecule has 0 heterocycles. The second kappa shape index (κ2) is 13.6. The Hall–Kier alpha value is 0.370. The molecule has 11 nitrogen and oxygen atoms in total. The Morgan fingerprint density at radius 3 is 1.19 bits per heavy atom. The van der Waals surface area contributed by atoms with Crippen molar-refractivity contribution >= 4 is 22.6 Å². The smallest absolute Gasteiger partial charge is 0.294 e. The molecule has 0 aromatic heterocycles. The number of rotatable bonds is 7. The lowest BCUT2D eigenvalue weighted by Crippen LogP contribution is -2.19. The molecule has 0 aliphatic heterocycles. The van der Waals surface area contributed by atoms with Crippen LogP contribution < -0.4 is 5.25 Å². The molecular weight excluding hydrogens is 419 g/mol. The van der Waals surface area contributed by atoms with E-state index in [1.165, 1.54) is 17.0 Å². The molecule has 0 saturated heterocycles. The molecule has 0 saturated carbocycles. The first kappa shape index (κ1) is 32.0. The molecule has 0 fully saturated rings. The van der Waals surface area contributed by atoms with Gasteiger partial charge in [-0.05, 0) is 7.05 Å². The Balaban J connectivity index is -0.000000322. The number of nitrogens with one attached hydrogen (secondary N) is 1. The van der Waals surface area contributed by atoms with Crippen molar-refractivity contribution in [3.05, 3.63) is 0 Å². The molecule has 0 aromatic carbocycles. The van der Waals surface area contributed by atoms with Crippen LogP contribution in [0.25, 0.3) is 0 Å². The van der Waals surface area contributed by atoms with Crippen molar-refractivity contribution in [2.75, 3.05) is 20.6 Å². The van der Waals surface area contributed by atoms with Gasteiger partial charge in [-0.15, -0.1) is 10.1 Å². The molecule has 0 aliphatic carbocycles. The van der Waals surface area contributed by atoms with Gasteiger partial charge in [-0.25, -0.2) is 4.67 Å². The Bertz CT molecular complexity index is 531. The van der Waals surface area contributed by atoms with Crippen LogP contribution in [0.2, 0.25) is 0 Å². The first-order valence-corrected chi connectivity index (χ1v) is 13.4. The van der Waals surface area contributed by atoms with E-state index in [1.54, 1.807) is 48.6 Å². The first-order chi connectivity index (χ1) is 11.8. The van der Waals surface area contributed by atoms with Crippen molar-refractivity contribution in [3.8, 4) is 0 Å². The highest BCUT2D eigenvalue weighted by molar-refractivity contribution is 7.56. The Kier molecular flexibility index (Phi) is 16.1. The van der Waals surface area contributed by atoms with E-state index in [0.29, 0.717) is 11.4 Å². The molecule has 0 rings (SSSR count). The zero-order valence-corrected chi connectivity index (χ0v) is 20.3. The minimum Gasteiger partial charge on any atom is -0.333 e.